The Balaban J connectivity index is 2.05. The van der Waals surface area contributed by atoms with Gasteiger partial charge in [0, 0.05) is 12.4 Å². The number of benzene rings is 1. The number of hydrogen-bond donors (Lipinski definition) is 0. The molecule has 0 aliphatic carbocycles. The Labute approximate surface area is 103 Å². The van der Waals surface area contributed by atoms with Crippen molar-refractivity contribution in [2.24, 2.45) is 0 Å². The van der Waals surface area contributed by atoms with E-state index in [0.29, 0.717) is 6.61 Å². The number of nitrogens with zero attached hydrogens (tertiary/aromatic N) is 1. The van der Waals surface area contributed by atoms with Gasteiger partial charge in [0.25, 0.3) is 0 Å². The summed E-state index contributed by atoms with van der Waals surface area (Å²) in [5.74, 6) is 0.863. The van der Waals surface area contributed by atoms with Gasteiger partial charge in [-0.3, -0.25) is 4.98 Å². The second-order valence-corrected chi connectivity index (χ2v) is 4.43. The van der Waals surface area contributed by atoms with E-state index in [1.165, 1.54) is 5.56 Å². The molecule has 0 unspecified atom stereocenters. The summed E-state index contributed by atoms with van der Waals surface area (Å²) in [4.78, 5) is 3.96. The molecule has 0 atom stereocenters. The molecule has 0 spiro atoms. The molecule has 0 N–H and O–H groups in total. The van der Waals surface area contributed by atoms with Crippen molar-refractivity contribution in [3.05, 3.63) is 58.3 Å². The van der Waals surface area contributed by atoms with Crippen LogP contribution < -0.4 is 4.74 Å². The first-order valence-corrected chi connectivity index (χ1v) is 5.83. The molecule has 0 aliphatic heterocycles. The second-order valence-electron chi connectivity index (χ2n) is 3.58. The van der Waals surface area contributed by atoms with E-state index in [0.717, 1.165) is 15.8 Å². The van der Waals surface area contributed by atoms with Crippen LogP contribution in [0.15, 0.2) is 47.2 Å². The molecule has 0 saturated carbocycles. The van der Waals surface area contributed by atoms with Crippen LogP contribution in [-0.2, 0) is 6.61 Å². The number of hydrogen-bond acceptors (Lipinski definition) is 2. The van der Waals surface area contributed by atoms with Gasteiger partial charge in [0.2, 0.25) is 0 Å². The van der Waals surface area contributed by atoms with Crippen LogP contribution in [0.1, 0.15) is 11.1 Å². The number of aromatic nitrogens is 1. The minimum Gasteiger partial charge on any atom is -0.488 e. The SMILES string of the molecule is Cc1ccc(OCc2ccncc2)c(Br)c1. The lowest BCUT2D eigenvalue weighted by molar-refractivity contribution is 0.304. The van der Waals surface area contributed by atoms with Crippen LogP contribution >= 0.6 is 15.9 Å². The summed E-state index contributed by atoms with van der Waals surface area (Å²) in [5.41, 5.74) is 2.32. The van der Waals surface area contributed by atoms with Crippen LogP contribution in [0.4, 0.5) is 0 Å². The minimum atomic E-state index is 0.560. The van der Waals surface area contributed by atoms with Gasteiger partial charge in [0.15, 0.2) is 0 Å². The number of ether oxygens (including phenoxy) is 1. The van der Waals surface area contributed by atoms with E-state index in [-0.39, 0.29) is 0 Å². The maximum atomic E-state index is 5.70. The van der Waals surface area contributed by atoms with Gasteiger partial charge in [0.1, 0.15) is 12.4 Å². The monoisotopic (exact) mass is 277 g/mol. The molecule has 0 fully saturated rings. The van der Waals surface area contributed by atoms with Crippen LogP contribution in [0.25, 0.3) is 0 Å². The summed E-state index contributed by atoms with van der Waals surface area (Å²) in [5, 5.41) is 0. The Morgan fingerprint density at radius 1 is 1.19 bits per heavy atom. The van der Waals surface area contributed by atoms with Crippen molar-refractivity contribution < 1.29 is 4.74 Å². The highest BCUT2D eigenvalue weighted by molar-refractivity contribution is 9.10. The molecular formula is C13H12BrNO. The molecule has 0 aliphatic rings. The number of pyridine rings is 1. The van der Waals surface area contributed by atoms with E-state index in [1.807, 2.05) is 30.3 Å². The molecule has 0 saturated heterocycles. The third kappa shape index (κ3) is 2.83. The first kappa shape index (κ1) is 11.1. The van der Waals surface area contributed by atoms with Crippen molar-refractivity contribution in [1.29, 1.82) is 0 Å². The molecule has 0 amide bonds. The van der Waals surface area contributed by atoms with Gasteiger partial charge in [0.05, 0.1) is 4.47 Å². The molecule has 2 rings (SSSR count). The van der Waals surface area contributed by atoms with E-state index in [1.54, 1.807) is 12.4 Å². The molecule has 0 radical (unpaired) electrons. The van der Waals surface area contributed by atoms with Crippen LogP contribution in [-0.4, -0.2) is 4.98 Å². The van der Waals surface area contributed by atoms with Crippen LogP contribution in [0, 0.1) is 6.92 Å². The van der Waals surface area contributed by atoms with Gasteiger partial charge in [-0.05, 0) is 58.2 Å². The second kappa shape index (κ2) is 5.12. The van der Waals surface area contributed by atoms with Gasteiger partial charge in [-0.15, -0.1) is 0 Å². The third-order valence-electron chi connectivity index (χ3n) is 2.23. The van der Waals surface area contributed by atoms with E-state index in [4.69, 9.17) is 4.74 Å². The summed E-state index contributed by atoms with van der Waals surface area (Å²) >= 11 is 3.48. The minimum absolute atomic E-state index is 0.560. The normalized spacial score (nSPS) is 10.1. The Morgan fingerprint density at radius 3 is 2.62 bits per heavy atom. The highest BCUT2D eigenvalue weighted by atomic mass is 79.9. The molecule has 0 bridgehead atoms. The van der Waals surface area contributed by atoms with Gasteiger partial charge in [-0.25, -0.2) is 0 Å². The van der Waals surface area contributed by atoms with Crippen LogP contribution in [0.5, 0.6) is 5.75 Å². The lowest BCUT2D eigenvalue weighted by Gasteiger charge is -2.08. The molecule has 82 valence electrons. The summed E-state index contributed by atoms with van der Waals surface area (Å²) in [6, 6.07) is 9.94. The fourth-order valence-electron chi connectivity index (χ4n) is 1.36. The zero-order valence-electron chi connectivity index (χ0n) is 8.98. The quantitative estimate of drug-likeness (QED) is 0.853. The Hall–Kier alpha value is -1.35. The van der Waals surface area contributed by atoms with E-state index < -0.39 is 0 Å². The van der Waals surface area contributed by atoms with E-state index >= 15 is 0 Å². The van der Waals surface area contributed by atoms with Gasteiger partial charge in [-0.1, -0.05) is 6.07 Å². The predicted octanol–water partition coefficient (Wildman–Crippen LogP) is 3.73. The van der Waals surface area contributed by atoms with Crippen molar-refractivity contribution in [2.75, 3.05) is 0 Å². The molecule has 2 aromatic rings. The lowest BCUT2D eigenvalue weighted by atomic mass is 10.2. The van der Waals surface area contributed by atoms with Crippen molar-refractivity contribution >= 4 is 15.9 Å². The van der Waals surface area contributed by atoms with Gasteiger partial charge >= 0.3 is 0 Å². The zero-order chi connectivity index (χ0) is 11.4. The Morgan fingerprint density at radius 2 is 1.94 bits per heavy atom. The molecule has 2 nitrogen and oxygen atoms in total. The fourth-order valence-corrected chi connectivity index (χ4v) is 1.97. The Bertz CT molecular complexity index is 471. The largest absolute Gasteiger partial charge is 0.488 e. The lowest BCUT2D eigenvalue weighted by Crippen LogP contribution is -1.96. The van der Waals surface area contributed by atoms with Crippen molar-refractivity contribution in [3.63, 3.8) is 0 Å². The first-order chi connectivity index (χ1) is 7.75. The molecular weight excluding hydrogens is 266 g/mol. The van der Waals surface area contributed by atoms with Crippen molar-refractivity contribution in [2.45, 2.75) is 13.5 Å². The maximum absolute atomic E-state index is 5.70. The standard InChI is InChI=1S/C13H12BrNO/c1-10-2-3-13(12(14)8-10)16-9-11-4-6-15-7-5-11/h2-8H,9H2,1H3. The number of halogens is 1. The first-order valence-electron chi connectivity index (χ1n) is 5.03. The average molecular weight is 278 g/mol. The van der Waals surface area contributed by atoms with Gasteiger partial charge in [-0.2, -0.15) is 0 Å². The average Bonchev–Trinajstić information content (AvgIpc) is 2.29. The fraction of sp³-hybridized carbons (Fsp3) is 0.154. The van der Waals surface area contributed by atoms with Crippen LogP contribution in [0.3, 0.4) is 0 Å². The highest BCUT2D eigenvalue weighted by Crippen LogP contribution is 2.26. The summed E-state index contributed by atoms with van der Waals surface area (Å²) in [7, 11) is 0. The molecule has 16 heavy (non-hydrogen) atoms. The topological polar surface area (TPSA) is 22.1 Å². The van der Waals surface area contributed by atoms with Crippen molar-refractivity contribution in [1.82, 2.24) is 4.98 Å². The van der Waals surface area contributed by atoms with Crippen LogP contribution in [0.2, 0.25) is 0 Å². The zero-order valence-corrected chi connectivity index (χ0v) is 10.6. The molecule has 1 aromatic heterocycles. The summed E-state index contributed by atoms with van der Waals surface area (Å²) < 4.78 is 6.69. The molecule has 1 heterocycles. The van der Waals surface area contributed by atoms with E-state index in [2.05, 4.69) is 27.8 Å². The molecule has 3 heteroatoms. The van der Waals surface area contributed by atoms with E-state index in [9.17, 15) is 0 Å². The third-order valence-corrected chi connectivity index (χ3v) is 2.85. The summed E-state index contributed by atoms with van der Waals surface area (Å²) in [6.45, 7) is 2.61. The van der Waals surface area contributed by atoms with Crippen molar-refractivity contribution in [3.8, 4) is 5.75 Å². The predicted molar refractivity (Wildman–Crippen MR) is 67.4 cm³/mol. The maximum Gasteiger partial charge on any atom is 0.134 e. The summed E-state index contributed by atoms with van der Waals surface area (Å²) in [6.07, 6.45) is 3.53. The molecule has 1 aromatic carbocycles. The smallest absolute Gasteiger partial charge is 0.134 e. The Kier molecular flexibility index (Phi) is 3.57. The highest BCUT2D eigenvalue weighted by Gasteiger charge is 2.01. The number of aryl methyl sites for hydroxylation is 1. The van der Waals surface area contributed by atoms with Gasteiger partial charge < -0.3 is 4.74 Å². The number of rotatable bonds is 3.